The van der Waals surface area contributed by atoms with Crippen LogP contribution >= 0.6 is 0 Å². The van der Waals surface area contributed by atoms with Crippen molar-refractivity contribution >= 4 is 11.8 Å². The van der Waals surface area contributed by atoms with Crippen molar-refractivity contribution in [2.75, 3.05) is 0 Å². The summed E-state index contributed by atoms with van der Waals surface area (Å²) in [5, 5.41) is 2.24. The van der Waals surface area contributed by atoms with Crippen LogP contribution < -0.4 is 56.7 Å². The third-order valence-electron chi connectivity index (χ3n) is 1.56. The Morgan fingerprint density at radius 3 is 2.27 bits per heavy atom. The molecule has 0 aromatic heterocycles. The van der Waals surface area contributed by atoms with Gasteiger partial charge in [-0.05, 0) is 6.42 Å². The fourth-order valence-electron chi connectivity index (χ4n) is 0.937. The molecule has 3 nitrogen and oxygen atoms in total. The molecule has 11 heavy (non-hydrogen) atoms. The second-order valence-electron chi connectivity index (χ2n) is 2.22. The number of carbonyl (C=O) groups is 2. The third kappa shape index (κ3) is 3.80. The molecule has 1 unspecified atom stereocenters. The average molecular weight is 181 g/mol. The molecule has 1 fully saturated rings. The van der Waals surface area contributed by atoms with Gasteiger partial charge in [-0.15, -0.1) is 0 Å². The van der Waals surface area contributed by atoms with Crippen molar-refractivity contribution in [3.8, 4) is 0 Å². The van der Waals surface area contributed by atoms with E-state index in [9.17, 15) is 9.59 Å². The second kappa shape index (κ2) is 6.31. The molecule has 0 spiro atoms. The van der Waals surface area contributed by atoms with Crippen molar-refractivity contribution in [3.63, 3.8) is 0 Å². The summed E-state index contributed by atoms with van der Waals surface area (Å²) in [5.74, 6) is -0.299. The molecule has 1 rings (SSSR count). The molecule has 58 valence electrons. The van der Waals surface area contributed by atoms with Crippen LogP contribution in [0.3, 0.4) is 0 Å². The zero-order valence-corrected chi connectivity index (χ0v) is 10.4. The molecule has 1 heterocycles. The number of hydrogen-bond donors (Lipinski definition) is 1. The monoisotopic (exact) mass is 181 g/mol. The number of amides is 2. The van der Waals surface area contributed by atoms with Crippen LogP contribution in [0.4, 0.5) is 0 Å². The van der Waals surface area contributed by atoms with E-state index in [-0.39, 0.29) is 76.5 Å². The van der Waals surface area contributed by atoms with Gasteiger partial charge in [-0.1, -0.05) is 6.92 Å². The minimum atomic E-state index is -0.133. The number of carbonyl (C=O) groups excluding carboxylic acids is 2. The van der Waals surface area contributed by atoms with Crippen LogP contribution in [0.25, 0.3) is 0 Å². The summed E-state index contributed by atoms with van der Waals surface area (Å²) >= 11 is 0. The van der Waals surface area contributed by atoms with Crippen LogP contribution in [-0.4, -0.2) is 11.8 Å². The quantitative estimate of drug-likeness (QED) is 0.276. The van der Waals surface area contributed by atoms with Crippen molar-refractivity contribution < 1.29 is 61.0 Å². The van der Waals surface area contributed by atoms with Gasteiger partial charge in [-0.25, -0.2) is 0 Å². The summed E-state index contributed by atoms with van der Waals surface area (Å²) in [4.78, 5) is 21.2. The molecule has 4 heteroatoms. The molecule has 1 aliphatic rings. The Morgan fingerprint density at radius 1 is 1.55 bits per heavy atom. The van der Waals surface area contributed by atoms with Gasteiger partial charge in [0.05, 0.1) is 0 Å². The van der Waals surface area contributed by atoms with E-state index in [1.807, 2.05) is 6.92 Å². The van der Waals surface area contributed by atoms with E-state index in [4.69, 9.17) is 0 Å². The standard InChI is InChI=1S/C6H9NO2.CH3.K/c1-2-4-3-5(8)7-6(4)9;;/h4H,2-3H2,1H3,(H,7,8,9);1H3;/q;-1;+1. The molecule has 2 amide bonds. The van der Waals surface area contributed by atoms with Gasteiger partial charge in [0, 0.05) is 12.3 Å². The Kier molecular flexibility index (Phi) is 8.21. The van der Waals surface area contributed by atoms with Crippen LogP contribution in [0.2, 0.25) is 0 Å². The number of hydrogen-bond acceptors (Lipinski definition) is 2. The number of nitrogens with one attached hydrogen (secondary N) is 1. The molecule has 1 aliphatic heterocycles. The van der Waals surface area contributed by atoms with Crippen molar-refractivity contribution in [2.45, 2.75) is 19.8 Å². The predicted molar refractivity (Wildman–Crippen MR) is 38.0 cm³/mol. The fraction of sp³-hybridized carbons (Fsp3) is 0.571. The molecule has 0 saturated carbocycles. The fourth-order valence-corrected chi connectivity index (χ4v) is 0.937. The Labute approximate surface area is 110 Å². The molecule has 0 bridgehead atoms. The van der Waals surface area contributed by atoms with Gasteiger partial charge in [-0.2, -0.15) is 0 Å². The SMILES string of the molecule is CCC1CC(=O)NC1=O.[CH3-].[K+]. The second-order valence-corrected chi connectivity index (χ2v) is 2.22. The van der Waals surface area contributed by atoms with E-state index in [1.54, 1.807) is 0 Å². The Morgan fingerprint density at radius 2 is 2.09 bits per heavy atom. The molecule has 1 atom stereocenters. The van der Waals surface area contributed by atoms with E-state index in [2.05, 4.69) is 5.32 Å². The number of imide groups is 1. The topological polar surface area (TPSA) is 46.2 Å². The van der Waals surface area contributed by atoms with E-state index in [0.717, 1.165) is 6.42 Å². The minimum Gasteiger partial charge on any atom is -0.358 e. The first-order valence-corrected chi connectivity index (χ1v) is 3.07. The van der Waals surface area contributed by atoms with Crippen molar-refractivity contribution in [1.29, 1.82) is 0 Å². The zero-order valence-electron chi connectivity index (χ0n) is 7.31. The Bertz CT molecular complexity index is 159. The van der Waals surface area contributed by atoms with E-state index in [0.29, 0.717) is 6.42 Å². The largest absolute Gasteiger partial charge is 1.00 e. The first kappa shape index (κ1) is 14.3. The molecule has 1 N–H and O–H groups in total. The molecule has 0 aromatic rings. The van der Waals surface area contributed by atoms with Crippen LogP contribution in [-0.2, 0) is 9.59 Å². The molecule has 0 aliphatic carbocycles. The summed E-state index contributed by atoms with van der Waals surface area (Å²) in [6.45, 7) is 1.91. The zero-order chi connectivity index (χ0) is 6.85. The molecule has 1 saturated heterocycles. The van der Waals surface area contributed by atoms with Crippen LogP contribution in [0.5, 0.6) is 0 Å². The summed E-state index contributed by atoms with van der Waals surface area (Å²) < 4.78 is 0. The maximum Gasteiger partial charge on any atom is 1.00 e. The van der Waals surface area contributed by atoms with E-state index in [1.165, 1.54) is 0 Å². The summed E-state index contributed by atoms with van der Waals surface area (Å²) in [7, 11) is 0. The molecular formula is C7H12KNO2. The van der Waals surface area contributed by atoms with Gasteiger partial charge in [-0.3, -0.25) is 14.9 Å². The summed E-state index contributed by atoms with van der Waals surface area (Å²) in [6, 6.07) is 0. The summed E-state index contributed by atoms with van der Waals surface area (Å²) in [6.07, 6.45) is 1.15. The minimum absolute atomic E-state index is 0. The smallest absolute Gasteiger partial charge is 0.358 e. The van der Waals surface area contributed by atoms with Crippen molar-refractivity contribution in [2.24, 2.45) is 5.92 Å². The Balaban J connectivity index is 0. The van der Waals surface area contributed by atoms with Crippen LogP contribution in [0.1, 0.15) is 19.8 Å². The maximum atomic E-state index is 10.7. The third-order valence-corrected chi connectivity index (χ3v) is 1.56. The Hall–Kier alpha value is 0.776. The van der Waals surface area contributed by atoms with Crippen LogP contribution in [0.15, 0.2) is 0 Å². The first-order valence-electron chi connectivity index (χ1n) is 3.07. The van der Waals surface area contributed by atoms with Gasteiger partial charge >= 0.3 is 51.4 Å². The van der Waals surface area contributed by atoms with Crippen molar-refractivity contribution in [3.05, 3.63) is 7.43 Å². The van der Waals surface area contributed by atoms with Gasteiger partial charge in [0.25, 0.3) is 0 Å². The maximum absolute atomic E-state index is 10.7. The predicted octanol–water partition coefficient (Wildman–Crippen LogP) is -2.49. The van der Waals surface area contributed by atoms with Gasteiger partial charge in [0.15, 0.2) is 0 Å². The number of rotatable bonds is 1. The average Bonchev–Trinajstić information content (AvgIpc) is 2.10. The van der Waals surface area contributed by atoms with Gasteiger partial charge < -0.3 is 7.43 Å². The normalized spacial score (nSPS) is 21.7. The van der Waals surface area contributed by atoms with E-state index < -0.39 is 0 Å². The van der Waals surface area contributed by atoms with Gasteiger partial charge in [0.2, 0.25) is 11.8 Å². The molecule has 0 radical (unpaired) electrons. The molecular weight excluding hydrogens is 169 g/mol. The van der Waals surface area contributed by atoms with Gasteiger partial charge in [0.1, 0.15) is 0 Å². The van der Waals surface area contributed by atoms with Crippen LogP contribution in [0, 0.1) is 13.3 Å². The van der Waals surface area contributed by atoms with Crippen molar-refractivity contribution in [1.82, 2.24) is 5.32 Å². The van der Waals surface area contributed by atoms with E-state index >= 15 is 0 Å². The molecule has 0 aromatic carbocycles. The summed E-state index contributed by atoms with van der Waals surface area (Å²) in [5.41, 5.74) is 0. The first-order chi connectivity index (χ1) is 4.24.